The van der Waals surface area contributed by atoms with Gasteiger partial charge in [-0.2, -0.15) is 5.10 Å². The normalized spacial score (nSPS) is 11.3. The fourth-order valence-corrected chi connectivity index (χ4v) is 2.65. The summed E-state index contributed by atoms with van der Waals surface area (Å²) in [5.41, 5.74) is 2.85. The van der Waals surface area contributed by atoms with Gasteiger partial charge in [-0.15, -0.1) is 0 Å². The van der Waals surface area contributed by atoms with Gasteiger partial charge in [-0.1, -0.05) is 23.7 Å². The Hall–Kier alpha value is -2.66. The largest absolute Gasteiger partial charge is 0.359 e. The van der Waals surface area contributed by atoms with Gasteiger partial charge >= 0.3 is 0 Å². The minimum Gasteiger partial charge on any atom is -0.359 e. The number of aromatic nitrogens is 3. The summed E-state index contributed by atoms with van der Waals surface area (Å²) in [6.07, 6.45) is 3.44. The van der Waals surface area contributed by atoms with Gasteiger partial charge in [0, 0.05) is 34.4 Å². The third kappa shape index (κ3) is 2.39. The second-order valence-electron chi connectivity index (χ2n) is 5.14. The van der Waals surface area contributed by atoms with Crippen LogP contribution in [0.25, 0.3) is 27.8 Å². The number of aromatic amines is 1. The van der Waals surface area contributed by atoms with Crippen LogP contribution in [-0.2, 0) is 0 Å². The van der Waals surface area contributed by atoms with Crippen molar-refractivity contribution in [3.63, 3.8) is 0 Å². The molecule has 4 rings (SSSR count). The van der Waals surface area contributed by atoms with Crippen molar-refractivity contribution in [3.05, 3.63) is 71.5 Å². The van der Waals surface area contributed by atoms with E-state index in [1.54, 1.807) is 29.2 Å². The molecule has 1 N–H and O–H groups in total. The van der Waals surface area contributed by atoms with Crippen molar-refractivity contribution in [3.8, 4) is 16.9 Å². The fraction of sp³-hybridized carbons (Fsp3) is 0. The Morgan fingerprint density at radius 1 is 1.00 bits per heavy atom. The lowest BCUT2D eigenvalue weighted by Gasteiger charge is -2.00. The van der Waals surface area contributed by atoms with E-state index in [9.17, 15) is 8.78 Å². The van der Waals surface area contributed by atoms with E-state index in [-0.39, 0.29) is 0 Å². The van der Waals surface area contributed by atoms with Crippen LogP contribution in [0, 0.1) is 11.6 Å². The van der Waals surface area contributed by atoms with Crippen LogP contribution in [0.3, 0.4) is 0 Å². The van der Waals surface area contributed by atoms with Crippen molar-refractivity contribution in [2.45, 2.75) is 0 Å². The number of hydrogen-bond donors (Lipinski definition) is 1. The second kappa shape index (κ2) is 5.21. The molecular weight excluding hydrogens is 320 g/mol. The highest BCUT2D eigenvalue weighted by Gasteiger charge is 2.12. The van der Waals surface area contributed by atoms with Crippen molar-refractivity contribution in [2.24, 2.45) is 0 Å². The molecule has 114 valence electrons. The molecule has 0 aliphatic heterocycles. The SMILES string of the molecule is Fc1cc2[nH]cc(-n3ccc(-c4ccc(Cl)cc4)n3)c2cc1F. The van der Waals surface area contributed by atoms with E-state index in [1.165, 1.54) is 6.07 Å². The third-order valence-corrected chi connectivity index (χ3v) is 3.93. The first kappa shape index (κ1) is 14.0. The summed E-state index contributed by atoms with van der Waals surface area (Å²) in [6.45, 7) is 0. The molecule has 0 saturated carbocycles. The predicted molar refractivity (Wildman–Crippen MR) is 85.8 cm³/mol. The van der Waals surface area contributed by atoms with Crippen LogP contribution in [-0.4, -0.2) is 14.8 Å². The summed E-state index contributed by atoms with van der Waals surface area (Å²) in [5, 5.41) is 5.71. The smallest absolute Gasteiger partial charge is 0.160 e. The van der Waals surface area contributed by atoms with Gasteiger partial charge in [0.05, 0.1) is 16.9 Å². The van der Waals surface area contributed by atoms with E-state index in [2.05, 4.69) is 10.1 Å². The maximum atomic E-state index is 13.5. The highest BCUT2D eigenvalue weighted by Crippen LogP contribution is 2.26. The number of benzene rings is 2. The molecule has 0 saturated heterocycles. The zero-order valence-electron chi connectivity index (χ0n) is 11.7. The van der Waals surface area contributed by atoms with Gasteiger partial charge < -0.3 is 4.98 Å². The van der Waals surface area contributed by atoms with Gasteiger partial charge in [0.15, 0.2) is 11.6 Å². The van der Waals surface area contributed by atoms with Crippen molar-refractivity contribution in [2.75, 3.05) is 0 Å². The number of halogens is 3. The Morgan fingerprint density at radius 2 is 1.74 bits per heavy atom. The van der Waals surface area contributed by atoms with Crippen LogP contribution in [0.5, 0.6) is 0 Å². The van der Waals surface area contributed by atoms with Crippen LogP contribution in [0.4, 0.5) is 8.78 Å². The molecule has 0 bridgehead atoms. The number of rotatable bonds is 2. The van der Waals surface area contributed by atoms with Gasteiger partial charge in [0.2, 0.25) is 0 Å². The molecule has 3 nitrogen and oxygen atoms in total. The van der Waals surface area contributed by atoms with Gasteiger partial charge in [-0.3, -0.25) is 0 Å². The number of hydrogen-bond acceptors (Lipinski definition) is 1. The van der Waals surface area contributed by atoms with E-state index in [0.717, 1.165) is 17.3 Å². The van der Waals surface area contributed by atoms with Crippen molar-refractivity contribution < 1.29 is 8.78 Å². The van der Waals surface area contributed by atoms with Gasteiger partial charge in [0.25, 0.3) is 0 Å². The molecule has 2 heterocycles. The molecule has 0 unspecified atom stereocenters. The summed E-state index contributed by atoms with van der Waals surface area (Å²) in [5.74, 6) is -1.77. The van der Waals surface area contributed by atoms with E-state index in [4.69, 9.17) is 11.6 Å². The molecule has 6 heteroatoms. The van der Waals surface area contributed by atoms with Crippen molar-refractivity contribution >= 4 is 22.5 Å². The minimum absolute atomic E-state index is 0.516. The first-order chi connectivity index (χ1) is 11.1. The lowest BCUT2D eigenvalue weighted by atomic mass is 10.2. The summed E-state index contributed by atoms with van der Waals surface area (Å²) < 4.78 is 28.4. The second-order valence-corrected chi connectivity index (χ2v) is 5.57. The average molecular weight is 330 g/mol. The highest BCUT2D eigenvalue weighted by atomic mass is 35.5. The molecule has 0 atom stereocenters. The Morgan fingerprint density at radius 3 is 2.52 bits per heavy atom. The van der Waals surface area contributed by atoms with E-state index < -0.39 is 11.6 Å². The quantitative estimate of drug-likeness (QED) is 0.554. The third-order valence-electron chi connectivity index (χ3n) is 3.68. The lowest BCUT2D eigenvalue weighted by Crippen LogP contribution is -1.94. The molecule has 0 aliphatic carbocycles. The van der Waals surface area contributed by atoms with Gasteiger partial charge in [-0.05, 0) is 24.3 Å². The Labute approximate surface area is 135 Å². The monoisotopic (exact) mass is 329 g/mol. The molecular formula is C17H10ClF2N3. The van der Waals surface area contributed by atoms with E-state index in [0.29, 0.717) is 21.6 Å². The van der Waals surface area contributed by atoms with Gasteiger partial charge in [0.1, 0.15) is 0 Å². The summed E-state index contributed by atoms with van der Waals surface area (Å²) in [6, 6.07) is 11.5. The van der Waals surface area contributed by atoms with Gasteiger partial charge in [-0.25, -0.2) is 13.5 Å². The number of nitrogens with zero attached hydrogens (tertiary/aromatic N) is 2. The standard InChI is InChI=1S/C17H10ClF2N3/c18-11-3-1-10(2-4-11)15-5-6-23(22-15)17-9-21-16-8-14(20)13(19)7-12(16)17/h1-9,21H. The van der Waals surface area contributed by atoms with E-state index in [1.807, 2.05) is 18.2 Å². The van der Waals surface area contributed by atoms with Crippen LogP contribution >= 0.6 is 11.6 Å². The zero-order valence-corrected chi connectivity index (χ0v) is 12.5. The number of fused-ring (bicyclic) bond motifs is 1. The molecule has 0 amide bonds. The maximum Gasteiger partial charge on any atom is 0.160 e. The highest BCUT2D eigenvalue weighted by molar-refractivity contribution is 6.30. The van der Waals surface area contributed by atoms with Crippen LogP contribution in [0.1, 0.15) is 0 Å². The Balaban J connectivity index is 1.80. The lowest BCUT2D eigenvalue weighted by molar-refractivity contribution is 0.511. The summed E-state index contributed by atoms with van der Waals surface area (Å²) >= 11 is 5.88. The predicted octanol–water partition coefficient (Wildman–Crippen LogP) is 4.95. The number of H-pyrrole nitrogens is 1. The molecule has 0 aliphatic rings. The van der Waals surface area contributed by atoms with E-state index >= 15 is 0 Å². The summed E-state index contributed by atoms with van der Waals surface area (Å²) in [4.78, 5) is 2.93. The molecule has 0 fully saturated rings. The van der Waals surface area contributed by atoms with Crippen molar-refractivity contribution in [1.29, 1.82) is 0 Å². The molecule has 0 spiro atoms. The first-order valence-electron chi connectivity index (χ1n) is 6.90. The summed E-state index contributed by atoms with van der Waals surface area (Å²) in [7, 11) is 0. The van der Waals surface area contributed by atoms with Crippen LogP contribution < -0.4 is 0 Å². The topological polar surface area (TPSA) is 33.6 Å². The van der Waals surface area contributed by atoms with Crippen LogP contribution in [0.15, 0.2) is 54.9 Å². The fourth-order valence-electron chi connectivity index (χ4n) is 2.52. The molecule has 2 aromatic heterocycles. The first-order valence-corrected chi connectivity index (χ1v) is 7.28. The minimum atomic E-state index is -0.886. The molecule has 23 heavy (non-hydrogen) atoms. The molecule has 0 radical (unpaired) electrons. The number of nitrogens with one attached hydrogen (secondary N) is 1. The van der Waals surface area contributed by atoms with Crippen LogP contribution in [0.2, 0.25) is 5.02 Å². The zero-order chi connectivity index (χ0) is 16.0. The molecule has 4 aromatic rings. The Kier molecular flexibility index (Phi) is 3.16. The van der Waals surface area contributed by atoms with Crippen molar-refractivity contribution in [1.82, 2.24) is 14.8 Å². The average Bonchev–Trinajstić information content (AvgIpc) is 3.15. The maximum absolute atomic E-state index is 13.5. The molecule has 2 aromatic carbocycles. The Bertz CT molecular complexity index is 1000.